The van der Waals surface area contributed by atoms with Crippen LogP contribution in [0.4, 0.5) is 5.69 Å². The number of carbonyl (C=O) groups is 2. The van der Waals surface area contributed by atoms with Crippen LogP contribution in [0.3, 0.4) is 0 Å². The van der Waals surface area contributed by atoms with Gasteiger partial charge in [0, 0.05) is 15.7 Å². The van der Waals surface area contributed by atoms with E-state index in [-0.39, 0.29) is 11.8 Å². The van der Waals surface area contributed by atoms with Crippen molar-refractivity contribution in [1.29, 1.82) is 0 Å². The van der Waals surface area contributed by atoms with Crippen LogP contribution in [0.5, 0.6) is 5.75 Å². The van der Waals surface area contributed by atoms with E-state index >= 15 is 0 Å². The maximum atomic E-state index is 12.4. The first kappa shape index (κ1) is 26.2. The van der Waals surface area contributed by atoms with Crippen molar-refractivity contribution in [2.75, 3.05) is 11.9 Å². The molecule has 3 rings (SSSR count). The molecule has 3 aromatic rings. The van der Waals surface area contributed by atoms with Crippen molar-refractivity contribution in [3.8, 4) is 5.75 Å². The molecule has 0 aromatic heterocycles. The van der Waals surface area contributed by atoms with Gasteiger partial charge in [-0.05, 0) is 88.6 Å². The van der Waals surface area contributed by atoms with Crippen molar-refractivity contribution in [1.82, 2.24) is 5.43 Å². The standard InChI is InChI=1S/C28H30BrN3O3/c1-2-3-4-5-8-19-35-24-17-11-21(12-18-24)20-30-32-27(33)22-13-15-23(16-14-22)31-28(34)25-9-6-7-10-26(25)29/h6-7,9-18,20H,2-5,8,19H2,1H3,(H,31,34)(H,32,33)/b30-20+. The second kappa shape index (κ2) is 14.1. The first-order chi connectivity index (χ1) is 17.1. The summed E-state index contributed by atoms with van der Waals surface area (Å²) in [6.45, 7) is 2.93. The molecule has 0 bridgehead atoms. The molecule has 2 N–H and O–H groups in total. The molecular weight excluding hydrogens is 506 g/mol. The molecule has 0 aliphatic rings. The van der Waals surface area contributed by atoms with Crippen molar-refractivity contribution in [3.63, 3.8) is 0 Å². The summed E-state index contributed by atoms with van der Waals surface area (Å²) in [5.74, 6) is 0.254. The van der Waals surface area contributed by atoms with Gasteiger partial charge in [0.25, 0.3) is 11.8 Å². The van der Waals surface area contributed by atoms with Gasteiger partial charge in [0.2, 0.25) is 0 Å². The van der Waals surface area contributed by atoms with Crippen molar-refractivity contribution in [2.45, 2.75) is 39.0 Å². The molecule has 2 amide bonds. The number of hydrogen-bond acceptors (Lipinski definition) is 4. The number of benzene rings is 3. The molecule has 182 valence electrons. The molecule has 7 heteroatoms. The summed E-state index contributed by atoms with van der Waals surface area (Å²) in [4.78, 5) is 24.8. The van der Waals surface area contributed by atoms with E-state index < -0.39 is 0 Å². The van der Waals surface area contributed by atoms with E-state index in [1.165, 1.54) is 25.7 Å². The number of nitrogens with one attached hydrogen (secondary N) is 2. The Kier molecular flexibility index (Phi) is 10.5. The van der Waals surface area contributed by atoms with Gasteiger partial charge < -0.3 is 10.1 Å². The SMILES string of the molecule is CCCCCCCOc1ccc(/C=N/NC(=O)c2ccc(NC(=O)c3ccccc3Br)cc2)cc1. The number of ether oxygens (including phenoxy) is 1. The Morgan fingerprint density at radius 2 is 1.60 bits per heavy atom. The third-order valence-electron chi connectivity index (χ3n) is 5.30. The van der Waals surface area contributed by atoms with Crippen LogP contribution >= 0.6 is 15.9 Å². The fourth-order valence-electron chi connectivity index (χ4n) is 3.32. The van der Waals surface area contributed by atoms with Crippen LogP contribution < -0.4 is 15.5 Å². The number of anilines is 1. The zero-order valence-corrected chi connectivity index (χ0v) is 21.4. The fraction of sp³-hybridized carbons (Fsp3) is 0.250. The van der Waals surface area contributed by atoms with Crippen LogP contribution in [0.1, 0.15) is 65.3 Å². The summed E-state index contributed by atoms with van der Waals surface area (Å²) >= 11 is 3.37. The Balaban J connectivity index is 1.44. The van der Waals surface area contributed by atoms with Gasteiger partial charge in [-0.25, -0.2) is 5.43 Å². The molecule has 3 aromatic carbocycles. The summed E-state index contributed by atoms with van der Waals surface area (Å²) in [6.07, 6.45) is 7.62. The Morgan fingerprint density at radius 1 is 0.886 bits per heavy atom. The van der Waals surface area contributed by atoms with Gasteiger partial charge in [-0.3, -0.25) is 9.59 Å². The van der Waals surface area contributed by atoms with Crippen LogP contribution in [0.2, 0.25) is 0 Å². The number of hydrogen-bond donors (Lipinski definition) is 2. The molecule has 0 aliphatic carbocycles. The molecule has 0 unspecified atom stereocenters. The summed E-state index contributed by atoms with van der Waals surface area (Å²) < 4.78 is 6.48. The van der Waals surface area contributed by atoms with E-state index in [2.05, 4.69) is 38.7 Å². The molecule has 0 atom stereocenters. The van der Waals surface area contributed by atoms with Crippen LogP contribution in [-0.4, -0.2) is 24.6 Å². The van der Waals surface area contributed by atoms with Gasteiger partial charge in [0.05, 0.1) is 18.4 Å². The normalized spacial score (nSPS) is 10.8. The number of carbonyl (C=O) groups excluding carboxylic acids is 2. The van der Waals surface area contributed by atoms with Gasteiger partial charge in [-0.1, -0.05) is 44.7 Å². The van der Waals surface area contributed by atoms with E-state index in [1.807, 2.05) is 36.4 Å². The maximum absolute atomic E-state index is 12.4. The summed E-state index contributed by atoms with van der Waals surface area (Å²) in [6, 6.07) is 21.4. The minimum Gasteiger partial charge on any atom is -0.494 e. The minimum absolute atomic E-state index is 0.234. The summed E-state index contributed by atoms with van der Waals surface area (Å²) in [7, 11) is 0. The fourth-order valence-corrected chi connectivity index (χ4v) is 3.79. The average Bonchev–Trinajstić information content (AvgIpc) is 2.87. The molecule has 6 nitrogen and oxygen atoms in total. The van der Waals surface area contributed by atoms with Crippen LogP contribution in [0.15, 0.2) is 82.4 Å². The van der Waals surface area contributed by atoms with Crippen LogP contribution in [0, 0.1) is 0 Å². The van der Waals surface area contributed by atoms with Crippen LogP contribution in [-0.2, 0) is 0 Å². The van der Waals surface area contributed by atoms with E-state index in [0.29, 0.717) is 21.3 Å². The van der Waals surface area contributed by atoms with Crippen molar-refractivity contribution in [2.24, 2.45) is 5.10 Å². The third kappa shape index (κ3) is 8.68. The van der Waals surface area contributed by atoms with Gasteiger partial charge in [0.1, 0.15) is 5.75 Å². The van der Waals surface area contributed by atoms with Gasteiger partial charge in [0.15, 0.2) is 0 Å². The van der Waals surface area contributed by atoms with Crippen molar-refractivity contribution in [3.05, 3.63) is 94.0 Å². The molecule has 35 heavy (non-hydrogen) atoms. The predicted molar refractivity (Wildman–Crippen MR) is 144 cm³/mol. The van der Waals surface area contributed by atoms with E-state index in [4.69, 9.17) is 4.74 Å². The lowest BCUT2D eigenvalue weighted by Crippen LogP contribution is -2.18. The maximum Gasteiger partial charge on any atom is 0.271 e. The molecule has 0 spiro atoms. The summed E-state index contributed by atoms with van der Waals surface area (Å²) in [5.41, 5.74) is 4.93. The smallest absolute Gasteiger partial charge is 0.271 e. The molecule has 0 aliphatic heterocycles. The highest BCUT2D eigenvalue weighted by atomic mass is 79.9. The quantitative estimate of drug-likeness (QED) is 0.152. The largest absolute Gasteiger partial charge is 0.494 e. The average molecular weight is 536 g/mol. The highest BCUT2D eigenvalue weighted by Gasteiger charge is 2.10. The topological polar surface area (TPSA) is 79.8 Å². The lowest BCUT2D eigenvalue weighted by molar-refractivity contribution is 0.0954. The molecule has 0 saturated heterocycles. The Hall–Kier alpha value is -3.45. The second-order valence-electron chi connectivity index (χ2n) is 8.04. The lowest BCUT2D eigenvalue weighted by atomic mass is 10.1. The zero-order valence-electron chi connectivity index (χ0n) is 19.8. The molecule has 0 saturated carbocycles. The minimum atomic E-state index is -0.340. The van der Waals surface area contributed by atoms with Gasteiger partial charge in [-0.2, -0.15) is 5.10 Å². The third-order valence-corrected chi connectivity index (χ3v) is 5.99. The van der Waals surface area contributed by atoms with E-state index in [9.17, 15) is 9.59 Å². The van der Waals surface area contributed by atoms with Crippen molar-refractivity contribution < 1.29 is 14.3 Å². The van der Waals surface area contributed by atoms with Crippen molar-refractivity contribution >= 4 is 39.6 Å². The summed E-state index contributed by atoms with van der Waals surface area (Å²) in [5, 5.41) is 6.85. The number of unbranched alkanes of at least 4 members (excludes halogenated alkanes) is 4. The number of amides is 2. The first-order valence-corrected chi connectivity index (χ1v) is 12.6. The molecule has 0 fully saturated rings. The van der Waals surface area contributed by atoms with E-state index in [0.717, 1.165) is 24.3 Å². The number of halogens is 1. The number of hydrazone groups is 1. The van der Waals surface area contributed by atoms with E-state index in [1.54, 1.807) is 42.6 Å². The monoisotopic (exact) mass is 535 g/mol. The molecule has 0 radical (unpaired) electrons. The first-order valence-electron chi connectivity index (χ1n) is 11.8. The Bertz CT molecular complexity index is 1130. The Labute approximate surface area is 214 Å². The van der Waals surface area contributed by atoms with Gasteiger partial charge in [-0.15, -0.1) is 0 Å². The van der Waals surface area contributed by atoms with Crippen LogP contribution in [0.25, 0.3) is 0 Å². The zero-order chi connectivity index (χ0) is 24.9. The lowest BCUT2D eigenvalue weighted by Gasteiger charge is -2.07. The predicted octanol–water partition coefficient (Wildman–Crippen LogP) is 6.81. The van der Waals surface area contributed by atoms with Gasteiger partial charge >= 0.3 is 0 Å². The molecular formula is C28H30BrN3O3. The molecule has 0 heterocycles. The highest BCUT2D eigenvalue weighted by molar-refractivity contribution is 9.10. The number of rotatable bonds is 12. The second-order valence-corrected chi connectivity index (χ2v) is 8.90. The number of nitrogens with zero attached hydrogens (tertiary/aromatic N) is 1. The highest BCUT2D eigenvalue weighted by Crippen LogP contribution is 2.18. The Morgan fingerprint density at radius 3 is 2.31 bits per heavy atom.